The van der Waals surface area contributed by atoms with E-state index in [1.54, 1.807) is 0 Å². The average Bonchev–Trinajstić information content (AvgIpc) is 2.78. The van der Waals surface area contributed by atoms with E-state index in [1.165, 1.54) is 0 Å². The van der Waals surface area contributed by atoms with Crippen molar-refractivity contribution in [2.45, 2.75) is 12.5 Å². The number of aromatic nitrogens is 2. The molecule has 0 aliphatic carbocycles. The van der Waals surface area contributed by atoms with Gasteiger partial charge in [-0.3, -0.25) is 4.79 Å². The second-order valence-electron chi connectivity index (χ2n) is 7.01. The van der Waals surface area contributed by atoms with E-state index in [1.807, 2.05) is 0 Å². The molecule has 37 heavy (non-hydrogen) atoms. The Morgan fingerprint density at radius 1 is 1.03 bits per heavy atom. The summed E-state index contributed by atoms with van der Waals surface area (Å²) in [5.41, 5.74) is 2.44. The summed E-state index contributed by atoms with van der Waals surface area (Å²) >= 11 is 0. The van der Waals surface area contributed by atoms with E-state index < -0.39 is 46.9 Å². The molecule has 0 spiro atoms. The Kier molecular flexibility index (Phi) is 7.45. The summed E-state index contributed by atoms with van der Waals surface area (Å²) in [6.45, 7) is 3.41. The lowest BCUT2D eigenvalue weighted by atomic mass is 10.1. The van der Waals surface area contributed by atoms with Crippen LogP contribution in [0.2, 0.25) is 0 Å². The Labute approximate surface area is 203 Å². The lowest BCUT2D eigenvalue weighted by molar-refractivity contribution is -0.274. The number of carbonyl (C=O) groups is 1. The molecule has 0 radical (unpaired) electrons. The number of amides is 1. The van der Waals surface area contributed by atoms with Gasteiger partial charge < -0.3 is 25.3 Å². The predicted molar refractivity (Wildman–Crippen MR) is 114 cm³/mol. The van der Waals surface area contributed by atoms with Crippen LogP contribution in [0.1, 0.15) is 21.7 Å². The van der Waals surface area contributed by atoms with Gasteiger partial charge in [-0.25, -0.2) is 14.4 Å². The Balaban J connectivity index is 2.05. The van der Waals surface area contributed by atoms with Gasteiger partial charge in [0.1, 0.15) is 22.9 Å². The van der Waals surface area contributed by atoms with Crippen molar-refractivity contribution in [3.8, 4) is 23.0 Å². The van der Waals surface area contributed by atoms with Crippen molar-refractivity contribution in [2.24, 2.45) is 5.73 Å². The standard InChI is InChI=1S/C22H15F7N4O4/c1-10(30)19-31-8-7-16(32-19)33-20(34)17-14(6-4-12(18(17)23)21(24,25)26)36-13-5-3-11(9-15(13)35-2)37-22(27,28)29/h3-9H,1,30H2,2H3,(H,31,32,33,34). The van der Waals surface area contributed by atoms with Crippen LogP contribution in [-0.2, 0) is 6.18 Å². The van der Waals surface area contributed by atoms with Crippen LogP contribution in [0.15, 0.2) is 49.2 Å². The highest BCUT2D eigenvalue weighted by atomic mass is 19.4. The number of anilines is 1. The number of rotatable bonds is 7. The predicted octanol–water partition coefficient (Wildman–Crippen LogP) is 5.52. The molecule has 1 amide bonds. The number of halogens is 7. The second kappa shape index (κ2) is 10.2. The van der Waals surface area contributed by atoms with Crippen molar-refractivity contribution in [3.05, 3.63) is 71.9 Å². The second-order valence-corrected chi connectivity index (χ2v) is 7.01. The molecule has 0 bridgehead atoms. The molecule has 15 heteroatoms. The normalized spacial score (nSPS) is 11.6. The minimum Gasteiger partial charge on any atom is -0.493 e. The molecule has 1 aromatic heterocycles. The molecule has 0 aliphatic rings. The SMILES string of the molecule is C=C(N)c1nccc(NC(=O)c2c(Oc3ccc(OC(F)(F)F)cc3OC)ccc(C(F)(F)F)c2F)n1. The van der Waals surface area contributed by atoms with Gasteiger partial charge in [-0.2, -0.15) is 13.2 Å². The summed E-state index contributed by atoms with van der Waals surface area (Å²) in [7, 11) is 1.05. The summed E-state index contributed by atoms with van der Waals surface area (Å²) < 4.78 is 107. The van der Waals surface area contributed by atoms with Gasteiger partial charge >= 0.3 is 12.5 Å². The van der Waals surface area contributed by atoms with Gasteiger partial charge in [-0.15, -0.1) is 13.2 Å². The van der Waals surface area contributed by atoms with Crippen LogP contribution in [-0.4, -0.2) is 29.3 Å². The lowest BCUT2D eigenvalue weighted by Gasteiger charge is -2.17. The number of ether oxygens (including phenoxy) is 3. The number of alkyl halides is 6. The Bertz CT molecular complexity index is 1340. The third-order valence-corrected chi connectivity index (χ3v) is 4.41. The highest BCUT2D eigenvalue weighted by Crippen LogP contribution is 2.40. The van der Waals surface area contributed by atoms with Crippen molar-refractivity contribution >= 4 is 17.4 Å². The highest BCUT2D eigenvalue weighted by molar-refractivity contribution is 6.06. The minimum atomic E-state index is -5.18. The first-order chi connectivity index (χ1) is 17.2. The first kappa shape index (κ1) is 27.0. The van der Waals surface area contributed by atoms with Crippen LogP contribution in [0.25, 0.3) is 5.70 Å². The highest BCUT2D eigenvalue weighted by Gasteiger charge is 2.38. The topological polar surface area (TPSA) is 109 Å². The molecule has 3 rings (SSSR count). The largest absolute Gasteiger partial charge is 0.573 e. The van der Waals surface area contributed by atoms with Crippen LogP contribution in [0.5, 0.6) is 23.0 Å². The molecule has 1 heterocycles. The van der Waals surface area contributed by atoms with Crippen LogP contribution in [0.3, 0.4) is 0 Å². The molecule has 196 valence electrons. The Morgan fingerprint density at radius 2 is 1.70 bits per heavy atom. The van der Waals surface area contributed by atoms with Crippen molar-refractivity contribution < 1.29 is 49.7 Å². The number of hydrogen-bond acceptors (Lipinski definition) is 7. The van der Waals surface area contributed by atoms with Crippen LogP contribution < -0.4 is 25.3 Å². The summed E-state index contributed by atoms with van der Waals surface area (Å²) in [6.07, 6.45) is -9.04. The fourth-order valence-electron chi connectivity index (χ4n) is 2.88. The molecule has 3 N–H and O–H groups in total. The van der Waals surface area contributed by atoms with E-state index in [0.29, 0.717) is 12.1 Å². The Morgan fingerprint density at radius 3 is 2.30 bits per heavy atom. The summed E-state index contributed by atoms with van der Waals surface area (Å²) in [4.78, 5) is 20.5. The van der Waals surface area contributed by atoms with Crippen LogP contribution in [0, 0.1) is 5.82 Å². The number of methoxy groups -OCH3 is 1. The third-order valence-electron chi connectivity index (χ3n) is 4.41. The first-order valence-electron chi connectivity index (χ1n) is 9.80. The van der Waals surface area contributed by atoms with E-state index in [4.69, 9.17) is 15.2 Å². The molecular formula is C22H15F7N4O4. The van der Waals surface area contributed by atoms with Crippen LogP contribution in [0.4, 0.5) is 36.6 Å². The molecule has 0 saturated heterocycles. The van der Waals surface area contributed by atoms with Crippen LogP contribution >= 0.6 is 0 Å². The summed E-state index contributed by atoms with van der Waals surface area (Å²) in [5, 5.41) is 2.11. The lowest BCUT2D eigenvalue weighted by Crippen LogP contribution is -2.20. The molecule has 0 aliphatic heterocycles. The number of nitrogens with one attached hydrogen (secondary N) is 1. The molecule has 0 atom stereocenters. The van der Waals surface area contributed by atoms with E-state index in [-0.39, 0.29) is 28.8 Å². The zero-order chi connectivity index (χ0) is 27.5. The van der Waals surface area contributed by atoms with Crippen molar-refractivity contribution in [3.63, 3.8) is 0 Å². The zero-order valence-corrected chi connectivity index (χ0v) is 18.5. The van der Waals surface area contributed by atoms with Gasteiger partial charge in [-0.1, -0.05) is 6.58 Å². The summed E-state index contributed by atoms with van der Waals surface area (Å²) in [5.74, 6) is -5.89. The fraction of sp³-hybridized carbons (Fsp3) is 0.136. The fourth-order valence-corrected chi connectivity index (χ4v) is 2.88. The van der Waals surface area contributed by atoms with E-state index >= 15 is 4.39 Å². The maximum atomic E-state index is 15.0. The van der Waals surface area contributed by atoms with E-state index in [2.05, 4.69) is 26.6 Å². The molecule has 8 nitrogen and oxygen atoms in total. The van der Waals surface area contributed by atoms with Crippen molar-refractivity contribution in [2.75, 3.05) is 12.4 Å². The molecule has 0 fully saturated rings. The van der Waals surface area contributed by atoms with Crippen molar-refractivity contribution in [1.29, 1.82) is 0 Å². The van der Waals surface area contributed by atoms with Gasteiger partial charge in [0.25, 0.3) is 5.91 Å². The molecule has 3 aromatic rings. The zero-order valence-electron chi connectivity index (χ0n) is 18.5. The maximum absolute atomic E-state index is 15.0. The minimum absolute atomic E-state index is 0.0876. The number of carbonyl (C=O) groups excluding carboxylic acids is 1. The maximum Gasteiger partial charge on any atom is 0.573 e. The first-order valence-corrected chi connectivity index (χ1v) is 9.80. The third kappa shape index (κ3) is 6.56. The monoisotopic (exact) mass is 532 g/mol. The average molecular weight is 532 g/mol. The van der Waals surface area contributed by atoms with Crippen molar-refractivity contribution in [1.82, 2.24) is 9.97 Å². The molecule has 0 unspecified atom stereocenters. The van der Waals surface area contributed by atoms with E-state index in [9.17, 15) is 31.1 Å². The van der Waals surface area contributed by atoms with Gasteiger partial charge in [0.2, 0.25) is 0 Å². The van der Waals surface area contributed by atoms with Gasteiger partial charge in [-0.05, 0) is 30.3 Å². The Hall–Kier alpha value is -4.56. The molecule has 0 saturated carbocycles. The summed E-state index contributed by atoms with van der Waals surface area (Å²) in [6, 6.07) is 4.64. The molecule has 2 aromatic carbocycles. The van der Waals surface area contributed by atoms with Gasteiger partial charge in [0, 0.05) is 12.3 Å². The quantitative estimate of drug-likeness (QED) is 0.386. The van der Waals surface area contributed by atoms with E-state index in [0.717, 1.165) is 37.6 Å². The van der Waals surface area contributed by atoms with Gasteiger partial charge in [0.05, 0.1) is 18.4 Å². The van der Waals surface area contributed by atoms with Gasteiger partial charge in [0.15, 0.2) is 23.1 Å². The number of benzene rings is 2. The number of nitrogens with zero attached hydrogens (tertiary/aromatic N) is 2. The molecular weight excluding hydrogens is 517 g/mol. The number of nitrogens with two attached hydrogens (primary N) is 1. The number of hydrogen-bond donors (Lipinski definition) is 2. The smallest absolute Gasteiger partial charge is 0.493 e.